The lowest BCUT2D eigenvalue weighted by atomic mass is 9.67. The van der Waals surface area contributed by atoms with Gasteiger partial charge in [0, 0.05) is 23.6 Å². The molecule has 1 aromatic heterocycles. The summed E-state index contributed by atoms with van der Waals surface area (Å²) in [4.78, 5) is 18.2. The van der Waals surface area contributed by atoms with E-state index in [4.69, 9.17) is 0 Å². The van der Waals surface area contributed by atoms with Crippen molar-refractivity contribution in [3.05, 3.63) is 15.6 Å². The van der Waals surface area contributed by atoms with E-state index in [0.29, 0.717) is 11.7 Å². The lowest BCUT2D eigenvalue weighted by molar-refractivity contribution is -0.129. The Hall–Kier alpha value is -0.700. The Labute approximate surface area is 120 Å². The van der Waals surface area contributed by atoms with Crippen LogP contribution in [0.3, 0.4) is 0 Å². The van der Waals surface area contributed by atoms with Gasteiger partial charge in [-0.25, -0.2) is 4.98 Å². The van der Waals surface area contributed by atoms with Crippen LogP contribution in [0.4, 0.5) is 0 Å². The number of carbonyl (C=O) groups excluding carboxylic acids is 1. The first kappa shape index (κ1) is 14.7. The predicted octanol–water partition coefficient (Wildman–Crippen LogP) is 4.33. The van der Waals surface area contributed by atoms with E-state index in [1.165, 1.54) is 16.3 Å². The van der Waals surface area contributed by atoms with E-state index >= 15 is 0 Å². The number of hydrogen-bond acceptors (Lipinski definition) is 3. The molecule has 1 heterocycles. The van der Waals surface area contributed by atoms with Gasteiger partial charge < -0.3 is 0 Å². The standard InChI is InChI=1S/C16H25NOS/c1-10-6-7-13(14(18)8-10)16(4,5)9-15-17-11(2)12(3)19-15/h10,13H,6-9H2,1-5H3. The second-order valence-corrected chi connectivity index (χ2v) is 8.11. The number of thiazole rings is 1. The topological polar surface area (TPSA) is 30.0 Å². The highest BCUT2D eigenvalue weighted by Gasteiger charge is 2.38. The molecular formula is C16H25NOS. The molecular weight excluding hydrogens is 254 g/mol. The maximum Gasteiger partial charge on any atom is 0.136 e. The zero-order valence-electron chi connectivity index (χ0n) is 12.7. The zero-order valence-corrected chi connectivity index (χ0v) is 13.6. The molecule has 1 saturated carbocycles. The number of aryl methyl sites for hydroxylation is 2. The van der Waals surface area contributed by atoms with Gasteiger partial charge in [0.05, 0.1) is 10.7 Å². The second-order valence-electron chi connectivity index (χ2n) is 6.82. The number of Topliss-reactive ketones (excluding diaryl/α,β-unsaturated/α-hetero) is 1. The monoisotopic (exact) mass is 279 g/mol. The van der Waals surface area contributed by atoms with E-state index < -0.39 is 0 Å². The highest BCUT2D eigenvalue weighted by molar-refractivity contribution is 7.11. The highest BCUT2D eigenvalue weighted by Crippen LogP contribution is 2.40. The van der Waals surface area contributed by atoms with Crippen LogP contribution < -0.4 is 0 Å². The average molecular weight is 279 g/mol. The molecule has 1 fully saturated rings. The molecule has 1 aliphatic rings. The summed E-state index contributed by atoms with van der Waals surface area (Å²) < 4.78 is 0. The van der Waals surface area contributed by atoms with E-state index in [1.54, 1.807) is 11.3 Å². The van der Waals surface area contributed by atoms with Crippen molar-refractivity contribution in [2.75, 3.05) is 0 Å². The average Bonchev–Trinajstić information content (AvgIpc) is 2.56. The smallest absolute Gasteiger partial charge is 0.136 e. The Morgan fingerprint density at radius 3 is 2.53 bits per heavy atom. The molecule has 0 aromatic carbocycles. The Kier molecular flexibility index (Phi) is 4.14. The van der Waals surface area contributed by atoms with Gasteiger partial charge in [-0.2, -0.15) is 0 Å². The van der Waals surface area contributed by atoms with Crippen molar-refractivity contribution in [3.63, 3.8) is 0 Å². The fourth-order valence-corrected chi connectivity index (χ4v) is 4.33. The summed E-state index contributed by atoms with van der Waals surface area (Å²) >= 11 is 1.78. The van der Waals surface area contributed by atoms with Crippen LogP contribution >= 0.6 is 11.3 Å². The van der Waals surface area contributed by atoms with E-state index in [-0.39, 0.29) is 11.3 Å². The highest BCUT2D eigenvalue weighted by atomic mass is 32.1. The van der Waals surface area contributed by atoms with Crippen LogP contribution in [-0.4, -0.2) is 10.8 Å². The second kappa shape index (κ2) is 5.35. The summed E-state index contributed by atoms with van der Waals surface area (Å²) in [6.07, 6.45) is 3.94. The van der Waals surface area contributed by atoms with Gasteiger partial charge in [0.25, 0.3) is 0 Å². The lowest BCUT2D eigenvalue weighted by Gasteiger charge is -2.37. The Bertz CT molecular complexity index is 456. The maximum atomic E-state index is 12.3. The van der Waals surface area contributed by atoms with Crippen LogP contribution in [0.2, 0.25) is 0 Å². The van der Waals surface area contributed by atoms with Crippen LogP contribution in [-0.2, 0) is 11.2 Å². The van der Waals surface area contributed by atoms with E-state index in [2.05, 4.69) is 39.6 Å². The molecule has 2 atom stereocenters. The van der Waals surface area contributed by atoms with Gasteiger partial charge in [-0.3, -0.25) is 4.79 Å². The van der Waals surface area contributed by atoms with Crippen molar-refractivity contribution in [2.24, 2.45) is 17.3 Å². The fraction of sp³-hybridized carbons (Fsp3) is 0.750. The summed E-state index contributed by atoms with van der Waals surface area (Å²) in [5.74, 6) is 1.26. The molecule has 0 amide bonds. The van der Waals surface area contributed by atoms with Crippen molar-refractivity contribution in [2.45, 2.75) is 60.3 Å². The van der Waals surface area contributed by atoms with Crippen molar-refractivity contribution >= 4 is 17.1 Å². The van der Waals surface area contributed by atoms with Gasteiger partial charge in [-0.15, -0.1) is 11.3 Å². The van der Waals surface area contributed by atoms with Gasteiger partial charge in [0.2, 0.25) is 0 Å². The zero-order chi connectivity index (χ0) is 14.2. The number of carbonyl (C=O) groups is 1. The number of aromatic nitrogens is 1. The molecule has 0 aliphatic heterocycles. The van der Waals surface area contributed by atoms with E-state index in [9.17, 15) is 4.79 Å². The van der Waals surface area contributed by atoms with Gasteiger partial charge in [-0.05, 0) is 38.0 Å². The molecule has 3 heteroatoms. The maximum absolute atomic E-state index is 12.3. The number of hydrogen-bond donors (Lipinski definition) is 0. The number of rotatable bonds is 3. The Morgan fingerprint density at radius 2 is 2.00 bits per heavy atom. The van der Waals surface area contributed by atoms with Gasteiger partial charge >= 0.3 is 0 Å². The van der Waals surface area contributed by atoms with E-state index in [0.717, 1.165) is 25.0 Å². The normalized spacial score (nSPS) is 24.8. The SMILES string of the molecule is Cc1nc(CC(C)(C)C2CCC(C)CC2=O)sc1C. The van der Waals surface area contributed by atoms with Crippen molar-refractivity contribution in [3.8, 4) is 0 Å². The van der Waals surface area contributed by atoms with Crippen molar-refractivity contribution in [1.82, 2.24) is 4.98 Å². The minimum absolute atomic E-state index is 0.0357. The van der Waals surface area contributed by atoms with Crippen LogP contribution in [0.5, 0.6) is 0 Å². The van der Waals surface area contributed by atoms with Gasteiger partial charge in [0.15, 0.2) is 0 Å². The lowest BCUT2D eigenvalue weighted by Crippen LogP contribution is -2.36. The molecule has 19 heavy (non-hydrogen) atoms. The van der Waals surface area contributed by atoms with Crippen LogP contribution in [0.25, 0.3) is 0 Å². The molecule has 0 N–H and O–H groups in total. The summed E-state index contributed by atoms with van der Waals surface area (Å²) in [7, 11) is 0. The molecule has 0 saturated heterocycles. The molecule has 0 bridgehead atoms. The van der Waals surface area contributed by atoms with Crippen LogP contribution in [0.1, 0.15) is 55.6 Å². The minimum atomic E-state index is 0.0357. The molecule has 2 unspecified atom stereocenters. The van der Waals surface area contributed by atoms with Gasteiger partial charge in [-0.1, -0.05) is 20.8 Å². The number of nitrogens with zero attached hydrogens (tertiary/aromatic N) is 1. The molecule has 0 spiro atoms. The van der Waals surface area contributed by atoms with Crippen LogP contribution in [0, 0.1) is 31.1 Å². The predicted molar refractivity (Wildman–Crippen MR) is 80.6 cm³/mol. The molecule has 0 radical (unpaired) electrons. The Balaban J connectivity index is 2.11. The Morgan fingerprint density at radius 1 is 1.32 bits per heavy atom. The van der Waals surface area contributed by atoms with Crippen LogP contribution in [0.15, 0.2) is 0 Å². The summed E-state index contributed by atoms with van der Waals surface area (Å²) in [6.45, 7) is 10.8. The summed E-state index contributed by atoms with van der Waals surface area (Å²) in [5, 5.41) is 1.19. The minimum Gasteiger partial charge on any atom is -0.299 e. The molecule has 1 aromatic rings. The molecule has 106 valence electrons. The first-order chi connectivity index (χ1) is 8.79. The largest absolute Gasteiger partial charge is 0.299 e. The summed E-state index contributed by atoms with van der Waals surface area (Å²) in [6, 6.07) is 0. The van der Waals surface area contributed by atoms with Crippen molar-refractivity contribution < 1.29 is 4.79 Å². The third kappa shape index (κ3) is 3.25. The molecule has 2 rings (SSSR count). The first-order valence-corrected chi connectivity index (χ1v) is 8.07. The first-order valence-electron chi connectivity index (χ1n) is 7.25. The molecule has 1 aliphatic carbocycles. The fourth-order valence-electron chi connectivity index (χ4n) is 3.15. The van der Waals surface area contributed by atoms with Crippen molar-refractivity contribution in [1.29, 1.82) is 0 Å². The summed E-state index contributed by atoms with van der Waals surface area (Å²) in [5.41, 5.74) is 1.17. The third-order valence-electron chi connectivity index (χ3n) is 4.51. The number of ketones is 1. The molecule has 2 nitrogen and oxygen atoms in total. The third-order valence-corrected chi connectivity index (χ3v) is 5.58. The van der Waals surface area contributed by atoms with Gasteiger partial charge in [0.1, 0.15) is 5.78 Å². The quantitative estimate of drug-likeness (QED) is 0.824. The van der Waals surface area contributed by atoms with E-state index in [1.807, 2.05) is 0 Å².